The van der Waals surface area contributed by atoms with Crippen molar-refractivity contribution in [3.05, 3.63) is 29.8 Å². The van der Waals surface area contributed by atoms with E-state index in [4.69, 9.17) is 4.74 Å². The Kier molecular flexibility index (Phi) is 5.29. The average Bonchev–Trinajstić information content (AvgIpc) is 2.37. The lowest BCUT2D eigenvalue weighted by atomic mass is 10.1. The normalized spacial score (nSPS) is 11.7. The highest BCUT2D eigenvalue weighted by Crippen LogP contribution is 2.25. The molecule has 19 heavy (non-hydrogen) atoms. The van der Waals surface area contributed by atoms with Gasteiger partial charge in [0.05, 0.1) is 6.61 Å². The van der Waals surface area contributed by atoms with Crippen molar-refractivity contribution < 1.29 is 27.1 Å². The molecule has 0 radical (unpaired) electrons. The summed E-state index contributed by atoms with van der Waals surface area (Å²) in [6, 6.07) is 6.11. The summed E-state index contributed by atoms with van der Waals surface area (Å²) >= 11 is 0. The summed E-state index contributed by atoms with van der Waals surface area (Å²) < 4.78 is 54.6. The number of carbonyl (C=O) groups excluding carboxylic acids is 1. The molecule has 0 unspecified atom stereocenters. The number of amides is 1. The number of ether oxygens (including phenoxy) is 1. The molecule has 0 atom stereocenters. The molecule has 1 rings (SSSR count). The van der Waals surface area contributed by atoms with Crippen molar-refractivity contribution in [1.29, 1.82) is 0 Å². The van der Waals surface area contributed by atoms with Crippen molar-refractivity contribution in [2.24, 2.45) is 0 Å². The summed E-state index contributed by atoms with van der Waals surface area (Å²) in [6.45, 7) is 0.318. The van der Waals surface area contributed by atoms with Gasteiger partial charge in [0.25, 0.3) is 0 Å². The Balaban J connectivity index is 2.85. The number of rotatable bonds is 6. The number of para-hydroxylation sites is 1. The Bertz CT molecular complexity index is 437. The largest absolute Gasteiger partial charge is 0.384 e. The molecule has 1 N–H and O–H groups in total. The average molecular weight is 279 g/mol. The van der Waals surface area contributed by atoms with Crippen LogP contribution in [-0.4, -0.2) is 32.0 Å². The first-order valence-corrected chi connectivity index (χ1v) is 5.44. The van der Waals surface area contributed by atoms with Gasteiger partial charge in [0.1, 0.15) is 0 Å². The topological polar surface area (TPSA) is 38.3 Å². The van der Waals surface area contributed by atoms with Crippen molar-refractivity contribution in [2.75, 3.05) is 19.0 Å². The number of carbonyl (C=O) groups is 1. The fourth-order valence-electron chi connectivity index (χ4n) is 1.38. The Labute approximate surface area is 107 Å². The SMILES string of the molecule is COCCc1ccccc1NC(=O)C(F)(F)C(F)F. The summed E-state index contributed by atoms with van der Waals surface area (Å²) in [4.78, 5) is 11.1. The Morgan fingerprint density at radius 1 is 1.37 bits per heavy atom. The first kappa shape index (κ1) is 15.4. The van der Waals surface area contributed by atoms with E-state index in [1.807, 2.05) is 5.32 Å². The molecule has 0 heterocycles. The standard InChI is InChI=1S/C12H13F4NO2/c1-19-7-6-8-4-2-3-5-9(8)17-11(18)12(15,16)10(13)14/h2-5,10H,6-7H2,1H3,(H,17,18). The van der Waals surface area contributed by atoms with E-state index in [-0.39, 0.29) is 5.69 Å². The highest BCUT2D eigenvalue weighted by molar-refractivity contribution is 5.97. The molecule has 0 fully saturated rings. The Hall–Kier alpha value is -1.63. The molecule has 0 bridgehead atoms. The van der Waals surface area contributed by atoms with Gasteiger partial charge < -0.3 is 10.1 Å². The van der Waals surface area contributed by atoms with Gasteiger partial charge >= 0.3 is 18.3 Å². The van der Waals surface area contributed by atoms with E-state index in [0.717, 1.165) is 0 Å². The van der Waals surface area contributed by atoms with Crippen LogP contribution in [0.2, 0.25) is 0 Å². The predicted octanol–water partition coefficient (Wildman–Crippen LogP) is 2.71. The van der Waals surface area contributed by atoms with E-state index < -0.39 is 18.3 Å². The molecule has 0 aliphatic rings. The number of anilines is 1. The molecule has 1 aromatic rings. The smallest absolute Gasteiger partial charge is 0.383 e. The second kappa shape index (κ2) is 6.51. The van der Waals surface area contributed by atoms with Gasteiger partial charge in [0.2, 0.25) is 0 Å². The van der Waals surface area contributed by atoms with Gasteiger partial charge in [-0.1, -0.05) is 18.2 Å². The van der Waals surface area contributed by atoms with Gasteiger partial charge in [-0.05, 0) is 18.1 Å². The van der Waals surface area contributed by atoms with E-state index in [0.29, 0.717) is 18.6 Å². The van der Waals surface area contributed by atoms with Crippen LogP contribution < -0.4 is 5.32 Å². The predicted molar refractivity (Wildman–Crippen MR) is 61.6 cm³/mol. The second-order valence-corrected chi connectivity index (χ2v) is 3.78. The van der Waals surface area contributed by atoms with Crippen LogP contribution in [0.3, 0.4) is 0 Å². The number of halogens is 4. The number of methoxy groups -OCH3 is 1. The van der Waals surface area contributed by atoms with E-state index >= 15 is 0 Å². The summed E-state index contributed by atoms with van der Waals surface area (Å²) in [5.41, 5.74) is 0.604. The molecule has 0 aliphatic carbocycles. The van der Waals surface area contributed by atoms with Crippen LogP contribution in [0.5, 0.6) is 0 Å². The molecule has 106 valence electrons. The lowest BCUT2D eigenvalue weighted by molar-refractivity contribution is -0.163. The van der Waals surface area contributed by atoms with E-state index in [9.17, 15) is 22.4 Å². The highest BCUT2D eigenvalue weighted by atomic mass is 19.3. The minimum atomic E-state index is -4.71. The molecule has 1 aromatic carbocycles. The lowest BCUT2D eigenvalue weighted by Crippen LogP contribution is -2.41. The van der Waals surface area contributed by atoms with Gasteiger partial charge in [0, 0.05) is 12.8 Å². The highest BCUT2D eigenvalue weighted by Gasteiger charge is 2.49. The summed E-state index contributed by atoms with van der Waals surface area (Å²) in [5, 5.41) is 1.82. The van der Waals surface area contributed by atoms with E-state index in [1.54, 1.807) is 12.1 Å². The number of hydrogen-bond donors (Lipinski definition) is 1. The molecule has 1 amide bonds. The maximum atomic E-state index is 12.8. The van der Waals surface area contributed by atoms with E-state index in [1.165, 1.54) is 19.2 Å². The van der Waals surface area contributed by atoms with Crippen LogP contribution in [0.15, 0.2) is 24.3 Å². The molecule has 0 saturated heterocycles. The zero-order chi connectivity index (χ0) is 14.5. The van der Waals surface area contributed by atoms with E-state index in [2.05, 4.69) is 0 Å². The van der Waals surface area contributed by atoms with Crippen LogP contribution in [-0.2, 0) is 16.0 Å². The summed E-state index contributed by atoms with van der Waals surface area (Å²) in [6.07, 6.45) is -3.67. The molecular formula is C12H13F4NO2. The molecule has 7 heteroatoms. The fraction of sp³-hybridized carbons (Fsp3) is 0.417. The maximum Gasteiger partial charge on any atom is 0.383 e. The second-order valence-electron chi connectivity index (χ2n) is 3.78. The van der Waals surface area contributed by atoms with Gasteiger partial charge in [-0.3, -0.25) is 4.79 Å². The van der Waals surface area contributed by atoms with Crippen molar-refractivity contribution in [1.82, 2.24) is 0 Å². The van der Waals surface area contributed by atoms with Crippen LogP contribution in [0.1, 0.15) is 5.56 Å². The third-order valence-corrected chi connectivity index (χ3v) is 2.42. The summed E-state index contributed by atoms with van der Waals surface area (Å²) in [7, 11) is 1.46. The Morgan fingerprint density at radius 2 is 2.00 bits per heavy atom. The quantitative estimate of drug-likeness (QED) is 0.813. The zero-order valence-electron chi connectivity index (χ0n) is 10.1. The summed E-state index contributed by atoms with van der Waals surface area (Å²) in [5.74, 6) is -6.73. The minimum Gasteiger partial charge on any atom is -0.384 e. The third-order valence-electron chi connectivity index (χ3n) is 2.42. The van der Waals surface area contributed by atoms with Gasteiger partial charge in [0.15, 0.2) is 0 Å². The zero-order valence-corrected chi connectivity index (χ0v) is 10.1. The van der Waals surface area contributed by atoms with Gasteiger partial charge in [-0.25, -0.2) is 8.78 Å². The van der Waals surface area contributed by atoms with Crippen molar-refractivity contribution in [3.63, 3.8) is 0 Å². The van der Waals surface area contributed by atoms with Crippen LogP contribution in [0.4, 0.5) is 23.2 Å². The first-order chi connectivity index (χ1) is 8.89. The molecule has 0 aliphatic heterocycles. The molecular weight excluding hydrogens is 266 g/mol. The van der Waals surface area contributed by atoms with Gasteiger partial charge in [-0.15, -0.1) is 0 Å². The molecule has 3 nitrogen and oxygen atoms in total. The minimum absolute atomic E-state index is 0.0740. The first-order valence-electron chi connectivity index (χ1n) is 5.44. The van der Waals surface area contributed by atoms with Crippen LogP contribution >= 0.6 is 0 Å². The maximum absolute atomic E-state index is 12.8. The molecule has 0 saturated carbocycles. The Morgan fingerprint density at radius 3 is 2.58 bits per heavy atom. The monoisotopic (exact) mass is 279 g/mol. The number of benzene rings is 1. The number of alkyl halides is 4. The third kappa shape index (κ3) is 3.92. The van der Waals surface area contributed by atoms with Crippen LogP contribution in [0, 0.1) is 0 Å². The van der Waals surface area contributed by atoms with Crippen LogP contribution in [0.25, 0.3) is 0 Å². The number of nitrogens with one attached hydrogen (secondary N) is 1. The molecule has 0 spiro atoms. The lowest BCUT2D eigenvalue weighted by Gasteiger charge is -2.16. The van der Waals surface area contributed by atoms with Crippen molar-refractivity contribution in [3.8, 4) is 0 Å². The van der Waals surface area contributed by atoms with Crippen molar-refractivity contribution >= 4 is 11.6 Å². The molecule has 0 aromatic heterocycles. The van der Waals surface area contributed by atoms with Crippen molar-refractivity contribution in [2.45, 2.75) is 18.8 Å². The fourth-order valence-corrected chi connectivity index (χ4v) is 1.38. The van der Waals surface area contributed by atoms with Gasteiger partial charge in [-0.2, -0.15) is 8.78 Å². The number of hydrogen-bond acceptors (Lipinski definition) is 2.